The van der Waals surface area contributed by atoms with Crippen LogP contribution in [0.1, 0.15) is 40.7 Å². The predicted octanol–water partition coefficient (Wildman–Crippen LogP) is 1.50. The Morgan fingerprint density at radius 2 is 2.20 bits per heavy atom. The number of piperidine rings is 1. The van der Waals surface area contributed by atoms with E-state index in [0.29, 0.717) is 37.4 Å². The first-order valence-electron chi connectivity index (χ1n) is 9.67. The minimum Gasteiger partial charge on any atom is -0.466 e. The zero-order chi connectivity index (χ0) is 21.3. The van der Waals surface area contributed by atoms with Gasteiger partial charge in [-0.2, -0.15) is 0 Å². The maximum atomic E-state index is 13.2. The number of carbonyl (C=O) groups is 3. The molecule has 30 heavy (non-hydrogen) atoms. The Labute approximate surface area is 171 Å². The quantitative estimate of drug-likeness (QED) is 0.629. The molecule has 1 aliphatic rings. The maximum absolute atomic E-state index is 13.2. The van der Waals surface area contributed by atoms with Gasteiger partial charge in [0.05, 0.1) is 24.5 Å². The largest absolute Gasteiger partial charge is 0.466 e. The van der Waals surface area contributed by atoms with Gasteiger partial charge in [0.15, 0.2) is 17.1 Å². The van der Waals surface area contributed by atoms with Crippen LogP contribution in [0.2, 0.25) is 0 Å². The van der Waals surface area contributed by atoms with E-state index in [9.17, 15) is 14.4 Å². The van der Waals surface area contributed by atoms with Crippen molar-refractivity contribution in [1.29, 1.82) is 0 Å². The molecule has 1 aliphatic heterocycles. The number of primary amides is 1. The number of hydrogen-bond acceptors (Lipinski definition) is 7. The molecule has 4 heterocycles. The minimum absolute atomic E-state index is 0.0412. The highest BCUT2D eigenvalue weighted by Crippen LogP contribution is 2.25. The first-order valence-corrected chi connectivity index (χ1v) is 9.67. The van der Waals surface area contributed by atoms with Gasteiger partial charge < -0.3 is 19.8 Å². The number of fused-ring (bicyclic) bond motifs is 1. The molecule has 0 saturated carbocycles. The van der Waals surface area contributed by atoms with Crippen LogP contribution >= 0.6 is 0 Å². The molecule has 10 nitrogen and oxygen atoms in total. The van der Waals surface area contributed by atoms with E-state index in [4.69, 9.17) is 14.9 Å². The molecular formula is C20H21N5O5. The summed E-state index contributed by atoms with van der Waals surface area (Å²) in [6.07, 6.45) is 4.26. The molecule has 10 heteroatoms. The van der Waals surface area contributed by atoms with Crippen molar-refractivity contribution in [3.63, 3.8) is 0 Å². The number of carbonyl (C=O) groups excluding carboxylic acids is 3. The van der Waals surface area contributed by atoms with Gasteiger partial charge in [-0.3, -0.25) is 18.8 Å². The number of nitrogens with two attached hydrogens (primary N) is 1. The van der Waals surface area contributed by atoms with E-state index in [0.717, 1.165) is 0 Å². The van der Waals surface area contributed by atoms with Crippen LogP contribution in [0.4, 0.5) is 0 Å². The summed E-state index contributed by atoms with van der Waals surface area (Å²) in [4.78, 5) is 47.1. The monoisotopic (exact) mass is 411 g/mol. The summed E-state index contributed by atoms with van der Waals surface area (Å²) in [7, 11) is 0. The third-order valence-electron chi connectivity index (χ3n) is 5.06. The van der Waals surface area contributed by atoms with Crippen molar-refractivity contribution in [3.8, 4) is 11.5 Å². The minimum atomic E-state index is -0.750. The van der Waals surface area contributed by atoms with Gasteiger partial charge in [-0.25, -0.2) is 9.97 Å². The Bertz CT molecular complexity index is 1100. The number of imidazole rings is 1. The Morgan fingerprint density at radius 1 is 1.37 bits per heavy atom. The van der Waals surface area contributed by atoms with E-state index in [1.54, 1.807) is 34.4 Å². The summed E-state index contributed by atoms with van der Waals surface area (Å²) in [6, 6.07) is 5.02. The SMILES string of the molecule is CCOC(=O)C1CCCN(C(=O)c2cc(-c3ccco3)n3cnc(C(N)=O)c3n2)C1. The number of esters is 1. The van der Waals surface area contributed by atoms with Gasteiger partial charge in [-0.15, -0.1) is 0 Å². The number of furan rings is 1. The number of amides is 2. The first-order chi connectivity index (χ1) is 14.5. The van der Waals surface area contributed by atoms with Crippen molar-refractivity contribution in [2.45, 2.75) is 19.8 Å². The van der Waals surface area contributed by atoms with Crippen LogP contribution in [-0.4, -0.2) is 56.7 Å². The molecule has 0 radical (unpaired) electrons. The standard InChI is InChI=1S/C20H21N5O5/c1-2-29-20(28)12-5-3-7-24(10-12)19(27)13-9-14(15-6-4-8-30-15)25-11-22-16(17(21)26)18(25)23-13/h4,6,8-9,11-12H,2-3,5,7,10H2,1H3,(H2,21,26). The fourth-order valence-corrected chi connectivity index (χ4v) is 3.64. The lowest BCUT2D eigenvalue weighted by Crippen LogP contribution is -2.43. The van der Waals surface area contributed by atoms with Crippen molar-refractivity contribution < 1.29 is 23.5 Å². The van der Waals surface area contributed by atoms with E-state index >= 15 is 0 Å². The van der Waals surface area contributed by atoms with Crippen molar-refractivity contribution >= 4 is 23.4 Å². The molecule has 4 rings (SSSR count). The fraction of sp³-hybridized carbons (Fsp3) is 0.350. The second-order valence-corrected chi connectivity index (χ2v) is 7.00. The summed E-state index contributed by atoms with van der Waals surface area (Å²) >= 11 is 0. The Balaban J connectivity index is 1.73. The van der Waals surface area contributed by atoms with E-state index in [1.165, 1.54) is 12.6 Å². The molecule has 0 aromatic carbocycles. The Morgan fingerprint density at radius 3 is 2.90 bits per heavy atom. The van der Waals surface area contributed by atoms with Gasteiger partial charge in [-0.1, -0.05) is 0 Å². The summed E-state index contributed by atoms with van der Waals surface area (Å²) in [5, 5.41) is 0. The van der Waals surface area contributed by atoms with Crippen molar-refractivity contribution in [1.82, 2.24) is 19.3 Å². The fourth-order valence-electron chi connectivity index (χ4n) is 3.64. The predicted molar refractivity (Wildman–Crippen MR) is 104 cm³/mol. The van der Waals surface area contributed by atoms with Crippen LogP contribution in [0.5, 0.6) is 0 Å². The molecule has 1 unspecified atom stereocenters. The van der Waals surface area contributed by atoms with Gasteiger partial charge in [0.1, 0.15) is 12.0 Å². The maximum Gasteiger partial charge on any atom is 0.310 e. The van der Waals surface area contributed by atoms with Crippen LogP contribution in [0, 0.1) is 5.92 Å². The lowest BCUT2D eigenvalue weighted by atomic mass is 9.98. The third-order valence-corrected chi connectivity index (χ3v) is 5.06. The number of rotatable bonds is 5. The summed E-state index contributed by atoms with van der Waals surface area (Å²) in [5.74, 6) is -1.29. The average Bonchev–Trinajstić information content (AvgIpc) is 3.42. The number of likely N-dealkylation sites (tertiary alicyclic amines) is 1. The molecule has 0 bridgehead atoms. The highest BCUT2D eigenvalue weighted by molar-refractivity contribution is 5.99. The van der Waals surface area contributed by atoms with Gasteiger partial charge in [0.25, 0.3) is 11.8 Å². The second-order valence-electron chi connectivity index (χ2n) is 7.00. The molecule has 3 aromatic heterocycles. The molecule has 2 amide bonds. The van der Waals surface area contributed by atoms with E-state index in [-0.39, 0.29) is 41.4 Å². The van der Waals surface area contributed by atoms with Crippen molar-refractivity contribution in [2.24, 2.45) is 11.7 Å². The number of nitrogens with zero attached hydrogens (tertiary/aromatic N) is 4. The molecule has 2 N–H and O–H groups in total. The van der Waals surface area contributed by atoms with Crippen LogP contribution in [0.3, 0.4) is 0 Å². The molecular weight excluding hydrogens is 390 g/mol. The molecule has 156 valence electrons. The van der Waals surface area contributed by atoms with Crippen LogP contribution in [0.25, 0.3) is 17.1 Å². The number of hydrogen-bond donors (Lipinski definition) is 1. The molecule has 0 spiro atoms. The Hall–Kier alpha value is -3.69. The second kappa shape index (κ2) is 7.97. The van der Waals surface area contributed by atoms with E-state index in [1.807, 2.05) is 0 Å². The van der Waals surface area contributed by atoms with E-state index in [2.05, 4.69) is 9.97 Å². The topological polar surface area (TPSA) is 133 Å². The highest BCUT2D eigenvalue weighted by Gasteiger charge is 2.31. The smallest absolute Gasteiger partial charge is 0.310 e. The molecule has 1 saturated heterocycles. The Kier molecular flexibility index (Phi) is 5.21. The van der Waals surface area contributed by atoms with Gasteiger partial charge in [-0.05, 0) is 38.0 Å². The van der Waals surface area contributed by atoms with Crippen LogP contribution in [0.15, 0.2) is 35.2 Å². The zero-order valence-corrected chi connectivity index (χ0v) is 16.4. The number of aromatic nitrogens is 3. The summed E-state index contributed by atoms with van der Waals surface area (Å²) in [5.41, 5.74) is 6.16. The lowest BCUT2D eigenvalue weighted by molar-refractivity contribution is -0.149. The van der Waals surface area contributed by atoms with Crippen molar-refractivity contribution in [2.75, 3.05) is 19.7 Å². The molecule has 1 fully saturated rings. The van der Waals surface area contributed by atoms with Crippen LogP contribution < -0.4 is 5.73 Å². The lowest BCUT2D eigenvalue weighted by Gasteiger charge is -2.31. The average molecular weight is 411 g/mol. The van der Waals surface area contributed by atoms with Gasteiger partial charge >= 0.3 is 5.97 Å². The van der Waals surface area contributed by atoms with E-state index < -0.39 is 5.91 Å². The van der Waals surface area contributed by atoms with Crippen LogP contribution in [-0.2, 0) is 9.53 Å². The third kappa shape index (κ3) is 3.51. The summed E-state index contributed by atoms with van der Waals surface area (Å²) in [6.45, 7) is 2.80. The first kappa shape index (κ1) is 19.6. The zero-order valence-electron chi connectivity index (χ0n) is 16.4. The summed E-state index contributed by atoms with van der Waals surface area (Å²) < 4.78 is 12.1. The highest BCUT2D eigenvalue weighted by atomic mass is 16.5. The molecule has 3 aromatic rings. The van der Waals surface area contributed by atoms with Gasteiger partial charge in [0.2, 0.25) is 0 Å². The molecule has 0 aliphatic carbocycles. The molecule has 1 atom stereocenters. The van der Waals surface area contributed by atoms with Gasteiger partial charge in [0, 0.05) is 13.1 Å². The van der Waals surface area contributed by atoms with Crippen molar-refractivity contribution in [3.05, 3.63) is 42.2 Å². The normalized spacial score (nSPS) is 16.6. The number of ether oxygens (including phenoxy) is 1.